The van der Waals surface area contributed by atoms with Crippen LogP contribution in [0.3, 0.4) is 0 Å². The summed E-state index contributed by atoms with van der Waals surface area (Å²) >= 11 is 6.57. The van der Waals surface area contributed by atoms with Crippen molar-refractivity contribution in [3.8, 4) is 5.75 Å². The fourth-order valence-electron chi connectivity index (χ4n) is 3.07. The van der Waals surface area contributed by atoms with E-state index in [1.54, 1.807) is 18.2 Å². The maximum atomic E-state index is 12.9. The van der Waals surface area contributed by atoms with Gasteiger partial charge in [0.1, 0.15) is 5.75 Å². The maximum absolute atomic E-state index is 12.9. The van der Waals surface area contributed by atoms with Gasteiger partial charge in [-0.05, 0) is 23.3 Å². The molecule has 2 aromatic carbocycles. The van der Waals surface area contributed by atoms with Gasteiger partial charge in [0.2, 0.25) is 4.87 Å². The molecule has 2 aromatic rings. The van der Waals surface area contributed by atoms with E-state index in [2.05, 4.69) is 0 Å². The minimum absolute atomic E-state index is 0.388. The Labute approximate surface area is 139 Å². The van der Waals surface area contributed by atoms with Gasteiger partial charge in [-0.15, -0.1) is 0 Å². The Hall–Kier alpha value is -2.33. The number of hydrogen-bond acceptors (Lipinski definition) is 4. The van der Waals surface area contributed by atoms with E-state index in [0.29, 0.717) is 16.9 Å². The molecule has 1 aliphatic rings. The molecule has 1 aliphatic carbocycles. The van der Waals surface area contributed by atoms with E-state index in [9.17, 15) is 9.59 Å². The Morgan fingerprint density at radius 2 is 1.83 bits per heavy atom. The molecule has 0 aromatic heterocycles. The van der Waals surface area contributed by atoms with Gasteiger partial charge in [-0.1, -0.05) is 48.0 Å². The first-order valence-corrected chi connectivity index (χ1v) is 7.46. The van der Waals surface area contributed by atoms with Crippen molar-refractivity contribution in [2.75, 3.05) is 14.2 Å². The highest BCUT2D eigenvalue weighted by molar-refractivity contribution is 6.50. The molecule has 0 heterocycles. The minimum atomic E-state index is -1.80. The number of methoxy groups -OCH3 is 2. The molecule has 4 nitrogen and oxygen atoms in total. The van der Waals surface area contributed by atoms with Gasteiger partial charge in [0, 0.05) is 11.5 Å². The molecule has 3 rings (SSSR count). The van der Waals surface area contributed by atoms with Crippen molar-refractivity contribution in [3.05, 3.63) is 65.2 Å². The summed E-state index contributed by atoms with van der Waals surface area (Å²) in [6.07, 6.45) is 0. The molecular weight excluding hydrogens is 316 g/mol. The largest absolute Gasteiger partial charge is 0.497 e. The topological polar surface area (TPSA) is 52.6 Å². The number of ketones is 1. The van der Waals surface area contributed by atoms with E-state index >= 15 is 0 Å². The number of rotatable bonds is 3. The molecule has 0 radical (unpaired) electrons. The van der Waals surface area contributed by atoms with Crippen molar-refractivity contribution in [1.29, 1.82) is 0 Å². The Bertz CT molecular complexity index is 772. The number of carbonyl (C=O) groups is 2. The molecule has 2 atom stereocenters. The number of esters is 1. The number of alkyl halides is 1. The van der Waals surface area contributed by atoms with Gasteiger partial charge in [-0.2, -0.15) is 0 Å². The summed E-state index contributed by atoms with van der Waals surface area (Å²) in [5, 5.41) is 0. The standard InChI is InChI=1S/C18H15ClO4/c1-22-12-8-9-13-14(10-12)16(20)18(19,17(21)23-2)15(13)11-6-4-3-5-7-11/h3-10,15H,1-2H3. The van der Waals surface area contributed by atoms with Crippen LogP contribution >= 0.6 is 11.6 Å². The second-order valence-electron chi connectivity index (χ2n) is 5.33. The third-order valence-electron chi connectivity index (χ3n) is 4.16. The molecule has 2 unspecified atom stereocenters. The summed E-state index contributed by atoms with van der Waals surface area (Å²) in [5.74, 6) is -1.29. The second kappa shape index (κ2) is 5.70. The highest BCUT2D eigenvalue weighted by atomic mass is 35.5. The maximum Gasteiger partial charge on any atom is 0.336 e. The van der Waals surface area contributed by atoms with Gasteiger partial charge in [-0.25, -0.2) is 4.79 Å². The third-order valence-corrected chi connectivity index (χ3v) is 4.70. The minimum Gasteiger partial charge on any atom is -0.497 e. The van der Waals surface area contributed by atoms with Crippen molar-refractivity contribution in [2.45, 2.75) is 10.8 Å². The van der Waals surface area contributed by atoms with Crippen molar-refractivity contribution >= 4 is 23.4 Å². The van der Waals surface area contributed by atoms with Crippen LogP contribution in [0.5, 0.6) is 5.75 Å². The molecule has 118 valence electrons. The van der Waals surface area contributed by atoms with Gasteiger partial charge < -0.3 is 9.47 Å². The summed E-state index contributed by atoms with van der Waals surface area (Å²) in [7, 11) is 2.75. The molecule has 0 aliphatic heterocycles. The number of fused-ring (bicyclic) bond motifs is 1. The van der Waals surface area contributed by atoms with Gasteiger partial charge >= 0.3 is 5.97 Å². The number of Topliss-reactive ketones (excluding diaryl/α,β-unsaturated/α-hetero) is 1. The first-order valence-electron chi connectivity index (χ1n) is 7.09. The first kappa shape index (κ1) is 15.6. The quantitative estimate of drug-likeness (QED) is 0.493. The van der Waals surface area contributed by atoms with Gasteiger partial charge in [0.05, 0.1) is 14.2 Å². The third kappa shape index (κ3) is 2.21. The van der Waals surface area contributed by atoms with Crippen molar-refractivity contribution in [2.24, 2.45) is 0 Å². The number of benzene rings is 2. The fourth-order valence-corrected chi connectivity index (χ4v) is 3.49. The van der Waals surface area contributed by atoms with Crippen LogP contribution in [0.25, 0.3) is 0 Å². The highest BCUT2D eigenvalue weighted by Gasteiger charge is 2.59. The molecule has 0 fully saturated rings. The second-order valence-corrected chi connectivity index (χ2v) is 5.93. The molecule has 0 saturated carbocycles. The van der Waals surface area contributed by atoms with Crippen LogP contribution in [0.15, 0.2) is 48.5 Å². The summed E-state index contributed by atoms with van der Waals surface area (Å²) in [6.45, 7) is 0. The molecule has 0 bridgehead atoms. The van der Waals surface area contributed by atoms with Crippen LogP contribution in [-0.4, -0.2) is 30.8 Å². The Morgan fingerprint density at radius 1 is 1.13 bits per heavy atom. The number of carbonyl (C=O) groups excluding carboxylic acids is 2. The predicted octanol–water partition coefficient (Wildman–Crippen LogP) is 3.17. The molecule has 0 amide bonds. The summed E-state index contributed by atoms with van der Waals surface area (Å²) < 4.78 is 10.00. The normalized spacial score (nSPS) is 22.6. The van der Waals surface area contributed by atoms with Crippen LogP contribution < -0.4 is 4.74 Å². The zero-order chi connectivity index (χ0) is 16.6. The SMILES string of the molecule is COC(=O)C1(Cl)C(=O)c2cc(OC)ccc2C1c1ccccc1. The summed E-state index contributed by atoms with van der Waals surface area (Å²) in [6, 6.07) is 14.4. The zero-order valence-electron chi connectivity index (χ0n) is 12.7. The summed E-state index contributed by atoms with van der Waals surface area (Å²) in [4.78, 5) is 23.4. The van der Waals surface area contributed by atoms with Crippen LogP contribution in [0.1, 0.15) is 27.4 Å². The average molecular weight is 331 g/mol. The van der Waals surface area contributed by atoms with Crippen molar-refractivity contribution < 1.29 is 19.1 Å². The number of halogens is 1. The molecule has 0 N–H and O–H groups in total. The first-order chi connectivity index (χ1) is 11.0. The lowest BCUT2D eigenvalue weighted by Gasteiger charge is -2.25. The lowest BCUT2D eigenvalue weighted by atomic mass is 9.85. The molecule has 5 heteroatoms. The van der Waals surface area contributed by atoms with E-state index in [1.807, 2.05) is 30.3 Å². The van der Waals surface area contributed by atoms with Gasteiger partial charge in [0.15, 0.2) is 5.78 Å². The lowest BCUT2D eigenvalue weighted by molar-refractivity contribution is -0.142. The monoisotopic (exact) mass is 330 g/mol. The van der Waals surface area contributed by atoms with Crippen LogP contribution in [-0.2, 0) is 9.53 Å². The zero-order valence-corrected chi connectivity index (χ0v) is 13.5. The van der Waals surface area contributed by atoms with Crippen LogP contribution in [0, 0.1) is 0 Å². The smallest absolute Gasteiger partial charge is 0.336 e. The van der Waals surface area contributed by atoms with E-state index in [1.165, 1.54) is 14.2 Å². The van der Waals surface area contributed by atoms with Crippen LogP contribution in [0.2, 0.25) is 0 Å². The van der Waals surface area contributed by atoms with Crippen LogP contribution in [0.4, 0.5) is 0 Å². The Kier molecular flexibility index (Phi) is 3.86. The molecular formula is C18H15ClO4. The highest BCUT2D eigenvalue weighted by Crippen LogP contribution is 2.50. The summed E-state index contributed by atoms with van der Waals surface area (Å²) in [5.41, 5.74) is 1.87. The predicted molar refractivity (Wildman–Crippen MR) is 86.2 cm³/mol. The molecule has 0 saturated heterocycles. The van der Waals surface area contributed by atoms with Crippen molar-refractivity contribution in [3.63, 3.8) is 0 Å². The average Bonchev–Trinajstić information content (AvgIpc) is 2.83. The van der Waals surface area contributed by atoms with E-state index in [4.69, 9.17) is 21.1 Å². The molecule has 0 spiro atoms. The Morgan fingerprint density at radius 3 is 2.43 bits per heavy atom. The van der Waals surface area contributed by atoms with E-state index in [-0.39, 0.29) is 0 Å². The fraction of sp³-hybridized carbons (Fsp3) is 0.222. The number of hydrogen-bond donors (Lipinski definition) is 0. The Balaban J connectivity index is 2.25. The van der Waals surface area contributed by atoms with E-state index in [0.717, 1.165) is 5.56 Å². The van der Waals surface area contributed by atoms with Gasteiger partial charge in [0.25, 0.3) is 0 Å². The lowest BCUT2D eigenvalue weighted by Crippen LogP contribution is -2.43. The van der Waals surface area contributed by atoms with E-state index < -0.39 is 22.5 Å². The van der Waals surface area contributed by atoms with Gasteiger partial charge in [-0.3, -0.25) is 4.79 Å². The molecule has 23 heavy (non-hydrogen) atoms. The number of ether oxygens (including phenoxy) is 2. The van der Waals surface area contributed by atoms with Crippen molar-refractivity contribution in [1.82, 2.24) is 0 Å².